The molecule has 0 spiro atoms. The molecule has 0 aliphatic heterocycles. The molecule has 2 rings (SSSR count). The van der Waals surface area contributed by atoms with E-state index in [0.717, 1.165) is 17.9 Å². The van der Waals surface area contributed by atoms with Crippen molar-refractivity contribution in [2.24, 2.45) is 0 Å². The second kappa shape index (κ2) is 6.53. The summed E-state index contributed by atoms with van der Waals surface area (Å²) in [6.07, 6.45) is 3.58. The first kappa shape index (κ1) is 14.5. The first-order chi connectivity index (χ1) is 9.69. The van der Waals surface area contributed by atoms with E-state index in [2.05, 4.69) is 49.3 Å². The summed E-state index contributed by atoms with van der Waals surface area (Å²) in [5.41, 5.74) is 5.03. The van der Waals surface area contributed by atoms with E-state index in [0.29, 0.717) is 0 Å². The standard InChI is InChI=1S/C17H22N2O/c1-5-19-17(14-8-6-7-12(2)13(14)3)15-9-10-18-11-16(15)20-4/h6-11,17,19H,5H2,1-4H3. The lowest BCUT2D eigenvalue weighted by Crippen LogP contribution is -2.23. The van der Waals surface area contributed by atoms with Crippen molar-refractivity contribution >= 4 is 0 Å². The molecule has 0 bridgehead atoms. The molecule has 3 nitrogen and oxygen atoms in total. The van der Waals surface area contributed by atoms with E-state index >= 15 is 0 Å². The van der Waals surface area contributed by atoms with Gasteiger partial charge in [-0.3, -0.25) is 4.98 Å². The summed E-state index contributed by atoms with van der Waals surface area (Å²) in [7, 11) is 1.69. The Kier molecular flexibility index (Phi) is 4.74. The number of ether oxygens (including phenoxy) is 1. The molecule has 0 aliphatic rings. The first-order valence-corrected chi connectivity index (χ1v) is 6.96. The van der Waals surface area contributed by atoms with Gasteiger partial charge in [0.25, 0.3) is 0 Å². The van der Waals surface area contributed by atoms with Crippen molar-refractivity contribution in [2.45, 2.75) is 26.8 Å². The summed E-state index contributed by atoms with van der Waals surface area (Å²) in [5.74, 6) is 0.819. The summed E-state index contributed by atoms with van der Waals surface area (Å²) in [4.78, 5) is 4.14. The number of hydrogen-bond acceptors (Lipinski definition) is 3. The van der Waals surface area contributed by atoms with Crippen LogP contribution in [0.15, 0.2) is 36.7 Å². The number of nitrogens with one attached hydrogen (secondary N) is 1. The van der Waals surface area contributed by atoms with Crippen LogP contribution in [-0.2, 0) is 0 Å². The molecule has 0 radical (unpaired) electrons. The summed E-state index contributed by atoms with van der Waals surface area (Å²) in [6.45, 7) is 7.32. The van der Waals surface area contributed by atoms with Gasteiger partial charge in [-0.05, 0) is 43.1 Å². The summed E-state index contributed by atoms with van der Waals surface area (Å²) in [5, 5.41) is 3.55. The number of aryl methyl sites for hydroxylation is 1. The first-order valence-electron chi connectivity index (χ1n) is 6.96. The number of benzene rings is 1. The van der Waals surface area contributed by atoms with Gasteiger partial charge in [0.15, 0.2) is 0 Å². The monoisotopic (exact) mass is 270 g/mol. The van der Waals surface area contributed by atoms with Crippen molar-refractivity contribution in [2.75, 3.05) is 13.7 Å². The zero-order valence-electron chi connectivity index (χ0n) is 12.6. The molecular weight excluding hydrogens is 248 g/mol. The molecule has 0 saturated heterocycles. The Morgan fingerprint density at radius 2 is 2.00 bits per heavy atom. The zero-order chi connectivity index (χ0) is 14.5. The van der Waals surface area contributed by atoms with Gasteiger partial charge >= 0.3 is 0 Å². The van der Waals surface area contributed by atoms with Crippen molar-refractivity contribution < 1.29 is 4.74 Å². The van der Waals surface area contributed by atoms with Gasteiger partial charge in [-0.1, -0.05) is 25.1 Å². The molecule has 106 valence electrons. The van der Waals surface area contributed by atoms with Crippen molar-refractivity contribution in [3.63, 3.8) is 0 Å². The van der Waals surface area contributed by atoms with E-state index in [4.69, 9.17) is 4.74 Å². The second-order valence-electron chi connectivity index (χ2n) is 4.90. The summed E-state index contributed by atoms with van der Waals surface area (Å²) >= 11 is 0. The number of rotatable bonds is 5. The molecule has 0 saturated carbocycles. The Morgan fingerprint density at radius 1 is 1.20 bits per heavy atom. The van der Waals surface area contributed by atoms with Crippen LogP contribution in [0.2, 0.25) is 0 Å². The van der Waals surface area contributed by atoms with E-state index in [1.807, 2.05) is 12.3 Å². The van der Waals surface area contributed by atoms with Crippen LogP contribution in [0.3, 0.4) is 0 Å². The highest BCUT2D eigenvalue weighted by atomic mass is 16.5. The summed E-state index contributed by atoms with van der Waals surface area (Å²) < 4.78 is 5.46. The molecule has 1 aromatic heterocycles. The molecular formula is C17H22N2O. The molecule has 1 heterocycles. The maximum absolute atomic E-state index is 5.46. The Morgan fingerprint density at radius 3 is 2.70 bits per heavy atom. The number of pyridine rings is 1. The van der Waals surface area contributed by atoms with Crippen LogP contribution in [0.25, 0.3) is 0 Å². The van der Waals surface area contributed by atoms with Crippen LogP contribution < -0.4 is 10.1 Å². The van der Waals surface area contributed by atoms with Gasteiger partial charge in [-0.25, -0.2) is 0 Å². The third-order valence-corrected chi connectivity index (χ3v) is 3.71. The minimum atomic E-state index is 0.123. The van der Waals surface area contributed by atoms with Gasteiger partial charge in [0.2, 0.25) is 0 Å². The number of nitrogens with zero attached hydrogens (tertiary/aromatic N) is 1. The van der Waals surface area contributed by atoms with Crippen LogP contribution in [0.5, 0.6) is 5.75 Å². The maximum Gasteiger partial charge on any atom is 0.142 e. The largest absolute Gasteiger partial charge is 0.495 e. The smallest absolute Gasteiger partial charge is 0.142 e. The number of methoxy groups -OCH3 is 1. The van der Waals surface area contributed by atoms with Gasteiger partial charge in [0, 0.05) is 11.8 Å². The number of hydrogen-bond donors (Lipinski definition) is 1. The Labute approximate surface area is 121 Å². The Hall–Kier alpha value is -1.87. The predicted octanol–water partition coefficient (Wildman–Crippen LogP) is 3.41. The third-order valence-electron chi connectivity index (χ3n) is 3.71. The SMILES string of the molecule is CCNC(c1ccncc1OC)c1cccc(C)c1C. The minimum Gasteiger partial charge on any atom is -0.495 e. The molecule has 20 heavy (non-hydrogen) atoms. The molecule has 0 aliphatic carbocycles. The normalized spacial score (nSPS) is 12.2. The van der Waals surface area contributed by atoms with Crippen molar-refractivity contribution in [3.8, 4) is 5.75 Å². The molecule has 1 aromatic carbocycles. The van der Waals surface area contributed by atoms with Gasteiger partial charge in [-0.2, -0.15) is 0 Å². The molecule has 2 aromatic rings. The van der Waals surface area contributed by atoms with Gasteiger partial charge < -0.3 is 10.1 Å². The predicted molar refractivity (Wildman–Crippen MR) is 82.2 cm³/mol. The molecule has 3 heteroatoms. The van der Waals surface area contributed by atoms with Crippen LogP contribution in [0, 0.1) is 13.8 Å². The molecule has 1 unspecified atom stereocenters. The molecule has 0 fully saturated rings. The van der Waals surface area contributed by atoms with E-state index in [-0.39, 0.29) is 6.04 Å². The van der Waals surface area contributed by atoms with E-state index < -0.39 is 0 Å². The molecule has 1 atom stereocenters. The van der Waals surface area contributed by atoms with E-state index in [1.54, 1.807) is 13.3 Å². The van der Waals surface area contributed by atoms with Gasteiger partial charge in [0.1, 0.15) is 5.75 Å². The highest BCUT2D eigenvalue weighted by Gasteiger charge is 2.19. The summed E-state index contributed by atoms with van der Waals surface area (Å²) in [6, 6.07) is 8.57. The van der Waals surface area contributed by atoms with Crippen LogP contribution >= 0.6 is 0 Å². The average Bonchev–Trinajstić information content (AvgIpc) is 2.48. The lowest BCUT2D eigenvalue weighted by molar-refractivity contribution is 0.402. The lowest BCUT2D eigenvalue weighted by atomic mass is 9.92. The molecule has 0 amide bonds. The van der Waals surface area contributed by atoms with Gasteiger partial charge in [-0.15, -0.1) is 0 Å². The third kappa shape index (κ3) is 2.83. The second-order valence-corrected chi connectivity index (χ2v) is 4.90. The van der Waals surface area contributed by atoms with Crippen LogP contribution in [0.4, 0.5) is 0 Å². The van der Waals surface area contributed by atoms with Crippen LogP contribution in [-0.4, -0.2) is 18.6 Å². The topological polar surface area (TPSA) is 34.2 Å². The van der Waals surface area contributed by atoms with E-state index in [9.17, 15) is 0 Å². The van der Waals surface area contributed by atoms with Crippen molar-refractivity contribution in [1.82, 2.24) is 10.3 Å². The average molecular weight is 270 g/mol. The maximum atomic E-state index is 5.46. The molecule has 1 N–H and O–H groups in total. The van der Waals surface area contributed by atoms with Crippen molar-refractivity contribution in [3.05, 3.63) is 58.9 Å². The lowest BCUT2D eigenvalue weighted by Gasteiger charge is -2.23. The minimum absolute atomic E-state index is 0.123. The fourth-order valence-corrected chi connectivity index (χ4v) is 2.48. The fraction of sp³-hybridized carbons (Fsp3) is 0.353. The fourth-order valence-electron chi connectivity index (χ4n) is 2.48. The highest BCUT2D eigenvalue weighted by molar-refractivity contribution is 5.44. The van der Waals surface area contributed by atoms with Gasteiger partial charge in [0.05, 0.1) is 19.3 Å². The Balaban J connectivity index is 2.53. The van der Waals surface area contributed by atoms with E-state index in [1.165, 1.54) is 16.7 Å². The highest BCUT2D eigenvalue weighted by Crippen LogP contribution is 2.31. The van der Waals surface area contributed by atoms with Crippen molar-refractivity contribution in [1.29, 1.82) is 0 Å². The number of aromatic nitrogens is 1. The quantitative estimate of drug-likeness (QED) is 0.904. The Bertz CT molecular complexity index is 581. The zero-order valence-corrected chi connectivity index (χ0v) is 12.6. The van der Waals surface area contributed by atoms with Crippen LogP contribution in [0.1, 0.15) is 35.2 Å².